The smallest absolute Gasteiger partial charge is 0.0547 e. The van der Waals surface area contributed by atoms with E-state index in [1.807, 2.05) is 0 Å². The van der Waals surface area contributed by atoms with Crippen molar-refractivity contribution in [3.8, 4) is 50.2 Å². The summed E-state index contributed by atoms with van der Waals surface area (Å²) < 4.78 is 2.40. The van der Waals surface area contributed by atoms with Crippen LogP contribution in [0.5, 0.6) is 0 Å². The standard InChI is InChI=1S/C65H46N2/c1-65(2)58-31-11-8-25-56(58)63-55(30-16-32-59(63)65)54-24-9-12-33-60(54)66(47-39-36-44(37-40-47)50-27-15-29-52-49-23-7-6-18-43(49)38-41-53(50)52)48-22-14-19-45(42-48)51-28-17-35-62-64(51)57-26-10-13-34-61(57)67(62)46-20-4-3-5-21-46/h3-42H,1-2H3. The van der Waals surface area contributed by atoms with Crippen LogP contribution in [0.3, 0.4) is 0 Å². The van der Waals surface area contributed by atoms with E-state index in [1.54, 1.807) is 0 Å². The molecule has 0 fully saturated rings. The Hall–Kier alpha value is -8.46. The number of para-hydroxylation sites is 3. The molecule has 0 bridgehead atoms. The third kappa shape index (κ3) is 6.10. The molecule has 316 valence electrons. The zero-order valence-electron chi connectivity index (χ0n) is 37.5. The van der Waals surface area contributed by atoms with E-state index in [1.165, 1.54) is 93.4 Å². The van der Waals surface area contributed by atoms with Gasteiger partial charge in [-0.15, -0.1) is 0 Å². The van der Waals surface area contributed by atoms with Crippen molar-refractivity contribution < 1.29 is 0 Å². The normalized spacial score (nSPS) is 12.7. The van der Waals surface area contributed by atoms with E-state index in [2.05, 4.69) is 266 Å². The maximum absolute atomic E-state index is 2.47. The van der Waals surface area contributed by atoms with Crippen LogP contribution in [0.25, 0.3) is 93.5 Å². The van der Waals surface area contributed by atoms with E-state index < -0.39 is 0 Å². The van der Waals surface area contributed by atoms with E-state index in [9.17, 15) is 0 Å². The zero-order valence-corrected chi connectivity index (χ0v) is 37.5. The second-order valence-electron chi connectivity index (χ2n) is 18.4. The Labute approximate surface area is 391 Å². The van der Waals surface area contributed by atoms with Gasteiger partial charge in [-0.2, -0.15) is 0 Å². The van der Waals surface area contributed by atoms with Crippen molar-refractivity contribution in [2.45, 2.75) is 19.3 Å². The lowest BCUT2D eigenvalue weighted by atomic mass is 9.82. The van der Waals surface area contributed by atoms with Gasteiger partial charge in [0, 0.05) is 38.8 Å². The first-order valence-electron chi connectivity index (χ1n) is 23.3. The van der Waals surface area contributed by atoms with Gasteiger partial charge in [0.2, 0.25) is 0 Å². The number of nitrogens with zero attached hydrogens (tertiary/aromatic N) is 2. The van der Waals surface area contributed by atoms with Crippen LogP contribution in [0.4, 0.5) is 17.1 Å². The molecule has 1 aliphatic rings. The van der Waals surface area contributed by atoms with Crippen LogP contribution >= 0.6 is 0 Å². The summed E-state index contributed by atoms with van der Waals surface area (Å²) in [5, 5.41) is 7.55. The first-order valence-corrected chi connectivity index (χ1v) is 23.3. The fourth-order valence-corrected chi connectivity index (χ4v) is 11.3. The van der Waals surface area contributed by atoms with Crippen molar-refractivity contribution in [3.63, 3.8) is 0 Å². The van der Waals surface area contributed by atoms with Gasteiger partial charge in [-0.05, 0) is 126 Å². The molecule has 0 aliphatic heterocycles. The Kier molecular flexibility index (Phi) is 8.91. The third-order valence-corrected chi connectivity index (χ3v) is 14.4. The number of hydrogen-bond donors (Lipinski definition) is 0. The maximum Gasteiger partial charge on any atom is 0.0547 e. The summed E-state index contributed by atoms with van der Waals surface area (Å²) in [7, 11) is 0. The lowest BCUT2D eigenvalue weighted by Crippen LogP contribution is -2.14. The van der Waals surface area contributed by atoms with Gasteiger partial charge in [0.25, 0.3) is 0 Å². The van der Waals surface area contributed by atoms with Crippen LogP contribution < -0.4 is 4.90 Å². The number of aromatic nitrogens is 1. The van der Waals surface area contributed by atoms with Gasteiger partial charge >= 0.3 is 0 Å². The van der Waals surface area contributed by atoms with Crippen molar-refractivity contribution in [2.75, 3.05) is 4.90 Å². The highest BCUT2D eigenvalue weighted by atomic mass is 15.1. The van der Waals surface area contributed by atoms with Crippen molar-refractivity contribution in [1.82, 2.24) is 4.57 Å². The average molecular weight is 855 g/mol. The molecular formula is C65H46N2. The number of rotatable bonds is 7. The SMILES string of the molecule is CC1(C)c2ccccc2-c2c(-c3ccccc3N(c3ccc(-c4cccc5c4ccc4ccccc45)cc3)c3cccc(-c4cccc5c4c4ccccc4n5-c4ccccc4)c3)cccc21. The molecule has 0 radical (unpaired) electrons. The lowest BCUT2D eigenvalue weighted by molar-refractivity contribution is 0.660. The molecule has 0 amide bonds. The highest BCUT2D eigenvalue weighted by Gasteiger charge is 2.37. The monoisotopic (exact) mass is 854 g/mol. The molecule has 0 saturated heterocycles. The van der Waals surface area contributed by atoms with Gasteiger partial charge in [0.05, 0.1) is 16.7 Å². The summed E-state index contributed by atoms with van der Waals surface area (Å²) in [6.45, 7) is 4.73. The van der Waals surface area contributed by atoms with E-state index in [0.717, 1.165) is 28.3 Å². The Morgan fingerprint density at radius 2 is 0.985 bits per heavy atom. The molecule has 67 heavy (non-hydrogen) atoms. The van der Waals surface area contributed by atoms with Crippen molar-refractivity contribution in [1.29, 1.82) is 0 Å². The quantitative estimate of drug-likeness (QED) is 0.145. The van der Waals surface area contributed by atoms with Crippen molar-refractivity contribution in [3.05, 3.63) is 254 Å². The number of fused-ring (bicyclic) bond motifs is 9. The molecule has 0 saturated carbocycles. The molecule has 0 N–H and O–H groups in total. The van der Waals surface area contributed by atoms with Crippen LogP contribution in [-0.4, -0.2) is 4.57 Å². The maximum atomic E-state index is 2.47. The fourth-order valence-electron chi connectivity index (χ4n) is 11.3. The molecule has 12 aromatic rings. The van der Waals surface area contributed by atoms with E-state index >= 15 is 0 Å². The minimum absolute atomic E-state index is 0.112. The van der Waals surface area contributed by atoms with Gasteiger partial charge in [-0.3, -0.25) is 0 Å². The zero-order chi connectivity index (χ0) is 44.6. The van der Waals surface area contributed by atoms with Crippen LogP contribution in [0.1, 0.15) is 25.0 Å². The summed E-state index contributed by atoms with van der Waals surface area (Å²) in [5.74, 6) is 0. The molecule has 11 aromatic carbocycles. The summed E-state index contributed by atoms with van der Waals surface area (Å²) in [6.07, 6.45) is 0. The number of hydrogen-bond acceptors (Lipinski definition) is 1. The van der Waals surface area contributed by atoms with Gasteiger partial charge < -0.3 is 9.47 Å². The van der Waals surface area contributed by atoms with Crippen LogP contribution in [-0.2, 0) is 5.41 Å². The number of benzene rings is 11. The van der Waals surface area contributed by atoms with Crippen LogP contribution in [0.2, 0.25) is 0 Å². The largest absolute Gasteiger partial charge is 0.310 e. The number of anilines is 3. The average Bonchev–Trinajstić information content (AvgIpc) is 3.85. The van der Waals surface area contributed by atoms with E-state index in [0.29, 0.717) is 0 Å². The van der Waals surface area contributed by atoms with Crippen molar-refractivity contribution >= 4 is 60.4 Å². The molecule has 2 heteroatoms. The van der Waals surface area contributed by atoms with E-state index in [-0.39, 0.29) is 5.41 Å². The molecule has 1 aliphatic carbocycles. The first-order chi connectivity index (χ1) is 33.0. The lowest BCUT2D eigenvalue weighted by Gasteiger charge is -2.29. The Balaban J connectivity index is 1.01. The molecular weight excluding hydrogens is 809 g/mol. The summed E-state index contributed by atoms with van der Waals surface area (Å²) >= 11 is 0. The highest BCUT2D eigenvalue weighted by molar-refractivity contribution is 6.16. The highest BCUT2D eigenvalue weighted by Crippen LogP contribution is 2.54. The second kappa shape index (κ2) is 15.3. The molecule has 0 atom stereocenters. The van der Waals surface area contributed by atoms with E-state index in [4.69, 9.17) is 0 Å². The first kappa shape index (κ1) is 39.0. The molecule has 1 aromatic heterocycles. The van der Waals surface area contributed by atoms with Crippen LogP contribution in [0, 0.1) is 0 Å². The Bertz CT molecular complexity index is 3890. The minimum atomic E-state index is -0.112. The molecule has 13 rings (SSSR count). The summed E-state index contributed by atoms with van der Waals surface area (Å²) in [6, 6.07) is 89.4. The second-order valence-corrected chi connectivity index (χ2v) is 18.4. The minimum Gasteiger partial charge on any atom is -0.310 e. The molecule has 1 heterocycles. The predicted molar refractivity (Wildman–Crippen MR) is 284 cm³/mol. The van der Waals surface area contributed by atoms with Gasteiger partial charge in [-0.1, -0.05) is 202 Å². The third-order valence-electron chi connectivity index (χ3n) is 14.4. The Morgan fingerprint density at radius 3 is 1.87 bits per heavy atom. The molecule has 0 spiro atoms. The van der Waals surface area contributed by atoms with Gasteiger partial charge in [0.1, 0.15) is 0 Å². The molecule has 2 nitrogen and oxygen atoms in total. The van der Waals surface area contributed by atoms with Gasteiger partial charge in [-0.25, -0.2) is 0 Å². The Morgan fingerprint density at radius 1 is 0.358 bits per heavy atom. The predicted octanol–water partition coefficient (Wildman–Crippen LogP) is 17.9. The topological polar surface area (TPSA) is 8.17 Å². The fraction of sp³-hybridized carbons (Fsp3) is 0.0462. The summed E-state index contributed by atoms with van der Waals surface area (Å²) in [5.41, 5.74) is 19.3. The van der Waals surface area contributed by atoms with Crippen molar-refractivity contribution in [2.24, 2.45) is 0 Å². The molecule has 0 unspecified atom stereocenters. The summed E-state index contributed by atoms with van der Waals surface area (Å²) in [4.78, 5) is 2.47. The van der Waals surface area contributed by atoms with Gasteiger partial charge in [0.15, 0.2) is 0 Å². The van der Waals surface area contributed by atoms with Crippen LogP contribution in [0.15, 0.2) is 243 Å².